The largest absolute Gasteiger partial charge is 0.338 e. The van der Waals surface area contributed by atoms with Crippen molar-refractivity contribution in [1.82, 2.24) is 20.1 Å². The van der Waals surface area contributed by atoms with Crippen molar-refractivity contribution in [2.75, 3.05) is 18.4 Å². The normalized spacial score (nSPS) is 17.3. The SMILES string of the molecule is C=CC(=O)N1CCC[C@@H](C(=O)Nc2cccc(-c3ncn[nH]3)c2)C1. The first-order chi connectivity index (χ1) is 11.7. The third-order valence-electron chi connectivity index (χ3n) is 4.10. The van der Waals surface area contributed by atoms with Gasteiger partial charge in [-0.2, -0.15) is 5.10 Å². The van der Waals surface area contributed by atoms with Crippen LogP contribution in [-0.2, 0) is 9.59 Å². The zero-order valence-corrected chi connectivity index (χ0v) is 13.2. The number of piperidine rings is 1. The van der Waals surface area contributed by atoms with Crippen LogP contribution in [0.25, 0.3) is 11.4 Å². The Morgan fingerprint density at radius 2 is 2.29 bits per heavy atom. The molecule has 0 radical (unpaired) electrons. The molecule has 1 aliphatic heterocycles. The summed E-state index contributed by atoms with van der Waals surface area (Å²) < 4.78 is 0. The van der Waals surface area contributed by atoms with Crippen molar-refractivity contribution < 1.29 is 9.59 Å². The van der Waals surface area contributed by atoms with Crippen LogP contribution in [0.15, 0.2) is 43.2 Å². The predicted molar refractivity (Wildman–Crippen MR) is 89.9 cm³/mol. The number of amides is 2. The van der Waals surface area contributed by atoms with Gasteiger partial charge >= 0.3 is 0 Å². The monoisotopic (exact) mass is 325 g/mol. The zero-order chi connectivity index (χ0) is 16.9. The van der Waals surface area contributed by atoms with E-state index in [2.05, 4.69) is 27.1 Å². The lowest BCUT2D eigenvalue weighted by atomic mass is 9.97. The lowest BCUT2D eigenvalue weighted by molar-refractivity contribution is -0.130. The smallest absolute Gasteiger partial charge is 0.245 e. The van der Waals surface area contributed by atoms with Gasteiger partial charge in [0.2, 0.25) is 11.8 Å². The summed E-state index contributed by atoms with van der Waals surface area (Å²) in [6.45, 7) is 4.61. The van der Waals surface area contributed by atoms with Crippen LogP contribution in [0.4, 0.5) is 5.69 Å². The molecule has 1 aliphatic rings. The van der Waals surface area contributed by atoms with Gasteiger partial charge in [0.25, 0.3) is 0 Å². The van der Waals surface area contributed by atoms with Crippen molar-refractivity contribution in [3.63, 3.8) is 0 Å². The van der Waals surface area contributed by atoms with Crippen molar-refractivity contribution in [2.45, 2.75) is 12.8 Å². The van der Waals surface area contributed by atoms with Gasteiger partial charge in [0, 0.05) is 24.3 Å². The number of benzene rings is 1. The van der Waals surface area contributed by atoms with Crippen molar-refractivity contribution in [2.24, 2.45) is 5.92 Å². The van der Waals surface area contributed by atoms with Crippen LogP contribution in [0.1, 0.15) is 12.8 Å². The Morgan fingerprint density at radius 3 is 3.04 bits per heavy atom. The van der Waals surface area contributed by atoms with E-state index in [0.717, 1.165) is 18.4 Å². The highest BCUT2D eigenvalue weighted by atomic mass is 16.2. The minimum Gasteiger partial charge on any atom is -0.338 e. The second-order valence-corrected chi connectivity index (χ2v) is 5.73. The number of hydrogen-bond donors (Lipinski definition) is 2. The summed E-state index contributed by atoms with van der Waals surface area (Å²) >= 11 is 0. The number of carbonyl (C=O) groups is 2. The summed E-state index contributed by atoms with van der Waals surface area (Å²) in [4.78, 5) is 30.0. The van der Waals surface area contributed by atoms with E-state index in [0.29, 0.717) is 24.6 Å². The summed E-state index contributed by atoms with van der Waals surface area (Å²) in [5.41, 5.74) is 1.54. The van der Waals surface area contributed by atoms with Crippen molar-refractivity contribution in [3.05, 3.63) is 43.2 Å². The number of aromatic amines is 1. The van der Waals surface area contributed by atoms with Crippen LogP contribution in [0.5, 0.6) is 0 Å². The Labute approximate surface area is 139 Å². The number of nitrogens with zero attached hydrogens (tertiary/aromatic N) is 3. The lowest BCUT2D eigenvalue weighted by Crippen LogP contribution is -2.43. The van der Waals surface area contributed by atoms with Gasteiger partial charge in [0.1, 0.15) is 6.33 Å². The number of rotatable bonds is 4. The van der Waals surface area contributed by atoms with Crippen molar-refractivity contribution >= 4 is 17.5 Å². The standard InChI is InChI=1S/C17H19N5O2/c1-2-15(23)22-8-4-6-13(10-22)17(24)20-14-7-3-5-12(9-14)16-18-11-19-21-16/h2-3,5,7,9,11,13H,1,4,6,8,10H2,(H,20,24)(H,18,19,21)/t13-/m1/s1. The van der Waals surface area contributed by atoms with Crippen LogP contribution >= 0.6 is 0 Å². The molecule has 124 valence electrons. The maximum atomic E-state index is 12.5. The van der Waals surface area contributed by atoms with Crippen molar-refractivity contribution in [3.8, 4) is 11.4 Å². The third-order valence-corrected chi connectivity index (χ3v) is 4.10. The average Bonchev–Trinajstić information content (AvgIpc) is 3.16. The highest BCUT2D eigenvalue weighted by Gasteiger charge is 2.27. The van der Waals surface area contributed by atoms with Crippen LogP contribution in [-0.4, -0.2) is 45.0 Å². The number of aromatic nitrogens is 3. The molecule has 24 heavy (non-hydrogen) atoms. The highest BCUT2D eigenvalue weighted by molar-refractivity contribution is 5.94. The number of carbonyl (C=O) groups excluding carboxylic acids is 2. The fourth-order valence-electron chi connectivity index (χ4n) is 2.85. The van der Waals surface area contributed by atoms with E-state index in [4.69, 9.17) is 0 Å². The summed E-state index contributed by atoms with van der Waals surface area (Å²) in [7, 11) is 0. The van der Waals surface area contributed by atoms with Gasteiger partial charge in [-0.1, -0.05) is 18.7 Å². The first-order valence-corrected chi connectivity index (χ1v) is 7.85. The molecule has 1 fully saturated rings. The summed E-state index contributed by atoms with van der Waals surface area (Å²) in [6, 6.07) is 7.41. The molecule has 0 unspecified atom stereocenters. The number of likely N-dealkylation sites (tertiary alicyclic amines) is 1. The van der Waals surface area contributed by atoms with Gasteiger partial charge in [-0.25, -0.2) is 4.98 Å². The minimum absolute atomic E-state index is 0.0775. The highest BCUT2D eigenvalue weighted by Crippen LogP contribution is 2.22. The number of hydrogen-bond acceptors (Lipinski definition) is 4. The minimum atomic E-state index is -0.211. The molecule has 0 bridgehead atoms. The Morgan fingerprint density at radius 1 is 1.42 bits per heavy atom. The Hall–Kier alpha value is -2.96. The van der Waals surface area contributed by atoms with Crippen LogP contribution < -0.4 is 5.32 Å². The predicted octanol–water partition coefficient (Wildman–Crippen LogP) is 1.83. The summed E-state index contributed by atoms with van der Waals surface area (Å²) in [6.07, 6.45) is 4.32. The molecule has 7 heteroatoms. The van der Waals surface area contributed by atoms with E-state index in [-0.39, 0.29) is 17.7 Å². The Bertz CT molecular complexity index is 741. The van der Waals surface area contributed by atoms with E-state index in [1.165, 1.54) is 12.4 Å². The van der Waals surface area contributed by atoms with Crippen LogP contribution in [0.3, 0.4) is 0 Å². The molecule has 7 nitrogen and oxygen atoms in total. The quantitative estimate of drug-likeness (QED) is 0.839. The zero-order valence-electron chi connectivity index (χ0n) is 13.2. The molecular weight excluding hydrogens is 306 g/mol. The molecule has 1 saturated heterocycles. The van der Waals surface area contributed by atoms with Crippen molar-refractivity contribution in [1.29, 1.82) is 0 Å². The molecule has 0 spiro atoms. The summed E-state index contributed by atoms with van der Waals surface area (Å²) in [5.74, 6) is 0.231. The Kier molecular flexibility index (Phi) is 4.69. The molecule has 2 N–H and O–H groups in total. The molecule has 1 aromatic carbocycles. The van der Waals surface area contributed by atoms with E-state index in [9.17, 15) is 9.59 Å². The Balaban J connectivity index is 1.67. The fourth-order valence-corrected chi connectivity index (χ4v) is 2.85. The van der Waals surface area contributed by atoms with Crippen LogP contribution in [0.2, 0.25) is 0 Å². The third kappa shape index (κ3) is 3.51. The number of H-pyrrole nitrogens is 1. The second kappa shape index (κ2) is 7.08. The molecule has 0 saturated carbocycles. The number of anilines is 1. The molecule has 1 atom stereocenters. The first kappa shape index (κ1) is 15.9. The molecule has 2 aromatic rings. The van der Waals surface area contributed by atoms with Gasteiger partial charge in [-0.3, -0.25) is 14.7 Å². The molecule has 3 rings (SSSR count). The van der Waals surface area contributed by atoms with Gasteiger partial charge < -0.3 is 10.2 Å². The van der Waals surface area contributed by atoms with E-state index in [1.54, 1.807) is 4.90 Å². The lowest BCUT2D eigenvalue weighted by Gasteiger charge is -2.31. The molecule has 2 heterocycles. The van der Waals surface area contributed by atoms with Crippen LogP contribution in [0, 0.1) is 5.92 Å². The molecular formula is C17H19N5O2. The van der Waals surface area contributed by atoms with Gasteiger partial charge in [-0.15, -0.1) is 0 Å². The van der Waals surface area contributed by atoms with E-state index in [1.807, 2.05) is 24.3 Å². The van der Waals surface area contributed by atoms with E-state index < -0.39 is 0 Å². The van der Waals surface area contributed by atoms with E-state index >= 15 is 0 Å². The second-order valence-electron chi connectivity index (χ2n) is 5.73. The molecule has 0 aliphatic carbocycles. The molecule has 2 amide bonds. The maximum absolute atomic E-state index is 12.5. The van der Waals surface area contributed by atoms with Gasteiger partial charge in [-0.05, 0) is 31.1 Å². The summed E-state index contributed by atoms with van der Waals surface area (Å²) in [5, 5.41) is 9.55. The molecule has 1 aromatic heterocycles. The fraction of sp³-hybridized carbons (Fsp3) is 0.294. The van der Waals surface area contributed by atoms with Gasteiger partial charge in [0.05, 0.1) is 5.92 Å². The number of nitrogens with one attached hydrogen (secondary N) is 2. The maximum Gasteiger partial charge on any atom is 0.245 e. The van der Waals surface area contributed by atoms with Gasteiger partial charge in [0.15, 0.2) is 5.82 Å². The average molecular weight is 325 g/mol. The first-order valence-electron chi connectivity index (χ1n) is 7.85. The topological polar surface area (TPSA) is 91.0 Å².